The van der Waals surface area contributed by atoms with Gasteiger partial charge in [-0.05, 0) is 49.6 Å². The van der Waals surface area contributed by atoms with Gasteiger partial charge in [-0.1, -0.05) is 65.0 Å². The number of carbonyl (C=O) groups is 2. The maximum Gasteiger partial charge on any atom is 0.242 e. The van der Waals surface area contributed by atoms with Crippen molar-refractivity contribution < 1.29 is 14.0 Å². The van der Waals surface area contributed by atoms with Crippen LogP contribution in [0.1, 0.15) is 50.2 Å². The fourth-order valence-electron chi connectivity index (χ4n) is 3.94. The Morgan fingerprint density at radius 3 is 2.58 bits per heavy atom. The van der Waals surface area contributed by atoms with Crippen molar-refractivity contribution in [2.75, 3.05) is 0 Å². The molecular weight excluding hydrogens is 483 g/mol. The predicted molar refractivity (Wildman–Crippen MR) is 124 cm³/mol. The van der Waals surface area contributed by atoms with E-state index in [1.807, 2.05) is 24.3 Å². The monoisotopic (exact) mass is 508 g/mol. The minimum Gasteiger partial charge on any atom is -0.352 e. The summed E-state index contributed by atoms with van der Waals surface area (Å²) in [4.78, 5) is 27.7. The van der Waals surface area contributed by atoms with Crippen molar-refractivity contribution in [2.45, 2.75) is 64.1 Å². The lowest BCUT2D eigenvalue weighted by Crippen LogP contribution is -2.50. The minimum absolute atomic E-state index is 0.146. The Kier molecular flexibility index (Phi) is 8.50. The summed E-state index contributed by atoms with van der Waals surface area (Å²) < 4.78 is 15.2. The van der Waals surface area contributed by atoms with Crippen LogP contribution in [0.4, 0.5) is 4.39 Å². The van der Waals surface area contributed by atoms with E-state index in [2.05, 4.69) is 21.2 Å². The molecule has 0 radical (unpaired) electrons. The van der Waals surface area contributed by atoms with Gasteiger partial charge in [0.2, 0.25) is 11.8 Å². The van der Waals surface area contributed by atoms with Crippen molar-refractivity contribution in [1.29, 1.82) is 0 Å². The van der Waals surface area contributed by atoms with Crippen molar-refractivity contribution >= 4 is 39.3 Å². The molecule has 0 heterocycles. The van der Waals surface area contributed by atoms with E-state index < -0.39 is 11.9 Å². The molecule has 1 aliphatic rings. The SMILES string of the molecule is C[C@@H](C(=O)NC1CCCCC1)N(Cc1cccc(Br)c1)C(=O)Cc1c(F)cccc1Cl. The summed E-state index contributed by atoms with van der Waals surface area (Å²) in [7, 11) is 0. The normalized spacial score (nSPS) is 15.4. The van der Waals surface area contributed by atoms with Crippen molar-refractivity contribution in [3.05, 3.63) is 68.9 Å². The highest BCUT2D eigenvalue weighted by Gasteiger charge is 2.29. The van der Waals surface area contributed by atoms with Crippen LogP contribution in [0.5, 0.6) is 0 Å². The molecular formula is C24H27BrClFN2O2. The predicted octanol–water partition coefficient (Wildman–Crippen LogP) is 5.65. The summed E-state index contributed by atoms with van der Waals surface area (Å²) in [6.45, 7) is 1.96. The Bertz CT molecular complexity index is 913. The zero-order valence-corrected chi connectivity index (χ0v) is 19.9. The fourth-order valence-corrected chi connectivity index (χ4v) is 4.61. The van der Waals surface area contributed by atoms with Gasteiger partial charge in [0.15, 0.2) is 0 Å². The number of hydrogen-bond acceptors (Lipinski definition) is 2. The fraction of sp³-hybridized carbons (Fsp3) is 0.417. The van der Waals surface area contributed by atoms with Gasteiger partial charge in [-0.15, -0.1) is 0 Å². The highest BCUT2D eigenvalue weighted by Crippen LogP contribution is 2.23. The van der Waals surface area contributed by atoms with E-state index in [0.717, 1.165) is 35.7 Å². The maximum absolute atomic E-state index is 14.3. The summed E-state index contributed by atoms with van der Waals surface area (Å²) >= 11 is 9.58. The molecule has 7 heteroatoms. The molecule has 0 spiro atoms. The summed E-state index contributed by atoms with van der Waals surface area (Å²) in [5, 5.41) is 3.30. The Hall–Kier alpha value is -1.92. The average molecular weight is 510 g/mol. The van der Waals surface area contributed by atoms with Crippen LogP contribution in [0.2, 0.25) is 5.02 Å². The third kappa shape index (κ3) is 6.53. The van der Waals surface area contributed by atoms with Gasteiger partial charge in [-0.3, -0.25) is 9.59 Å². The lowest BCUT2D eigenvalue weighted by Gasteiger charge is -2.31. The second-order valence-corrected chi connectivity index (χ2v) is 9.37. The summed E-state index contributed by atoms with van der Waals surface area (Å²) in [5.41, 5.74) is 1.02. The van der Waals surface area contributed by atoms with Crippen molar-refractivity contribution in [2.24, 2.45) is 0 Å². The standard InChI is InChI=1S/C24H27BrClFN2O2/c1-16(24(31)28-19-9-3-2-4-10-19)29(15-17-7-5-8-18(25)13-17)23(30)14-20-21(26)11-6-12-22(20)27/h5-8,11-13,16,19H,2-4,9-10,14-15H2,1H3,(H,28,31)/t16-/m0/s1. The lowest BCUT2D eigenvalue weighted by atomic mass is 9.95. The van der Waals surface area contributed by atoms with Gasteiger partial charge < -0.3 is 10.2 Å². The van der Waals surface area contributed by atoms with Gasteiger partial charge in [-0.2, -0.15) is 0 Å². The molecule has 2 amide bonds. The van der Waals surface area contributed by atoms with Gasteiger partial charge in [0.05, 0.1) is 6.42 Å². The lowest BCUT2D eigenvalue weighted by molar-refractivity contribution is -0.140. The van der Waals surface area contributed by atoms with Crippen LogP contribution < -0.4 is 5.32 Å². The quantitative estimate of drug-likeness (QED) is 0.524. The Morgan fingerprint density at radius 1 is 1.19 bits per heavy atom. The molecule has 1 N–H and O–H groups in total. The highest BCUT2D eigenvalue weighted by molar-refractivity contribution is 9.10. The van der Waals surface area contributed by atoms with E-state index >= 15 is 0 Å². The Balaban J connectivity index is 1.80. The molecule has 0 unspecified atom stereocenters. The number of halogens is 3. The molecule has 4 nitrogen and oxygen atoms in total. The number of nitrogens with one attached hydrogen (secondary N) is 1. The van der Waals surface area contributed by atoms with Crippen LogP contribution in [-0.2, 0) is 22.6 Å². The van der Waals surface area contributed by atoms with Crippen LogP contribution >= 0.6 is 27.5 Å². The molecule has 1 saturated carbocycles. The van der Waals surface area contributed by atoms with E-state index in [1.165, 1.54) is 23.5 Å². The van der Waals surface area contributed by atoms with E-state index in [9.17, 15) is 14.0 Å². The molecule has 0 bridgehead atoms. The van der Waals surface area contributed by atoms with Gasteiger partial charge >= 0.3 is 0 Å². The third-order valence-corrected chi connectivity index (χ3v) is 6.60. The molecule has 166 valence electrons. The van der Waals surface area contributed by atoms with Crippen LogP contribution in [0.15, 0.2) is 46.9 Å². The zero-order valence-electron chi connectivity index (χ0n) is 17.5. The summed E-state index contributed by atoms with van der Waals surface area (Å²) in [6.07, 6.45) is 5.11. The largest absolute Gasteiger partial charge is 0.352 e. The van der Waals surface area contributed by atoms with Gasteiger partial charge in [0, 0.05) is 27.6 Å². The van der Waals surface area contributed by atoms with Gasteiger partial charge in [0.25, 0.3) is 0 Å². The molecule has 1 atom stereocenters. The molecule has 0 aromatic heterocycles. The first-order valence-electron chi connectivity index (χ1n) is 10.6. The topological polar surface area (TPSA) is 49.4 Å². The second-order valence-electron chi connectivity index (χ2n) is 8.05. The van der Waals surface area contributed by atoms with E-state index in [-0.39, 0.29) is 41.4 Å². The first-order chi connectivity index (χ1) is 14.8. The smallest absolute Gasteiger partial charge is 0.242 e. The number of rotatable bonds is 7. The first-order valence-corrected chi connectivity index (χ1v) is 11.8. The Labute approximate surface area is 196 Å². The molecule has 3 rings (SSSR count). The zero-order chi connectivity index (χ0) is 22.4. The number of nitrogens with zero attached hydrogens (tertiary/aromatic N) is 1. The summed E-state index contributed by atoms with van der Waals surface area (Å²) in [5.74, 6) is -1.06. The van der Waals surface area contributed by atoms with Crippen molar-refractivity contribution in [3.8, 4) is 0 Å². The first kappa shape index (κ1) is 23.7. The Morgan fingerprint density at radius 2 is 1.90 bits per heavy atom. The highest BCUT2D eigenvalue weighted by atomic mass is 79.9. The van der Waals surface area contributed by atoms with Gasteiger partial charge in [0.1, 0.15) is 11.9 Å². The summed E-state index contributed by atoms with van der Waals surface area (Å²) in [6, 6.07) is 11.4. The van der Waals surface area contributed by atoms with E-state index in [1.54, 1.807) is 13.0 Å². The third-order valence-electron chi connectivity index (χ3n) is 5.75. The number of hydrogen-bond donors (Lipinski definition) is 1. The molecule has 0 saturated heterocycles. The molecule has 31 heavy (non-hydrogen) atoms. The second kappa shape index (κ2) is 11.1. The molecule has 0 aliphatic heterocycles. The van der Waals surface area contributed by atoms with Crippen LogP contribution in [0.3, 0.4) is 0 Å². The average Bonchev–Trinajstić information content (AvgIpc) is 2.75. The molecule has 2 aromatic carbocycles. The number of amides is 2. The van der Waals surface area contributed by atoms with Crippen LogP contribution in [-0.4, -0.2) is 28.8 Å². The van der Waals surface area contributed by atoms with Crippen molar-refractivity contribution in [3.63, 3.8) is 0 Å². The van der Waals surface area contributed by atoms with Gasteiger partial charge in [-0.25, -0.2) is 4.39 Å². The molecule has 2 aromatic rings. The van der Waals surface area contributed by atoms with Crippen molar-refractivity contribution in [1.82, 2.24) is 10.2 Å². The van der Waals surface area contributed by atoms with Crippen LogP contribution in [0, 0.1) is 5.82 Å². The minimum atomic E-state index is -0.695. The number of benzene rings is 2. The van der Waals surface area contributed by atoms with E-state index in [4.69, 9.17) is 11.6 Å². The molecule has 1 aliphatic carbocycles. The maximum atomic E-state index is 14.3. The molecule has 1 fully saturated rings. The number of carbonyl (C=O) groups excluding carboxylic acids is 2. The van der Waals surface area contributed by atoms with E-state index in [0.29, 0.717) is 0 Å². The van der Waals surface area contributed by atoms with Crippen LogP contribution in [0.25, 0.3) is 0 Å².